The van der Waals surface area contributed by atoms with Crippen molar-refractivity contribution in [2.24, 2.45) is 0 Å². The molecule has 0 saturated heterocycles. The van der Waals surface area contributed by atoms with E-state index in [2.05, 4.69) is 5.32 Å². The molecule has 1 N–H and O–H groups in total. The number of rotatable bonds is 4. The van der Waals surface area contributed by atoms with E-state index in [0.717, 1.165) is 5.56 Å². The van der Waals surface area contributed by atoms with Crippen molar-refractivity contribution in [1.82, 2.24) is 5.32 Å². The number of hydrogen-bond acceptors (Lipinski definition) is 3. The van der Waals surface area contributed by atoms with Gasteiger partial charge in [-0.15, -0.1) is 0 Å². The highest BCUT2D eigenvalue weighted by Crippen LogP contribution is 2.18. The average molecular weight is 263 g/mol. The number of alkyl carbamates (subject to hydrolysis) is 1. The lowest BCUT2D eigenvalue weighted by Crippen LogP contribution is -2.35. The molecule has 0 aliphatic rings. The predicted molar refractivity (Wildman–Crippen MR) is 73.9 cm³/mol. The molecule has 0 aliphatic heterocycles. The van der Waals surface area contributed by atoms with Gasteiger partial charge in [0.1, 0.15) is 11.4 Å². The number of amides is 1. The molecule has 0 radical (unpaired) electrons. The summed E-state index contributed by atoms with van der Waals surface area (Å²) in [5.41, 5.74) is 0.338. The Labute approximate surface area is 114 Å². The molecular weight excluding hydrogens is 242 g/mol. The Morgan fingerprint density at radius 2 is 1.79 bits per heavy atom. The van der Waals surface area contributed by atoms with Crippen molar-refractivity contribution in [3.05, 3.63) is 35.9 Å². The summed E-state index contributed by atoms with van der Waals surface area (Å²) in [6.45, 7) is 6.91. The molecule has 1 aromatic rings. The molecule has 19 heavy (non-hydrogen) atoms. The van der Waals surface area contributed by atoms with Crippen LogP contribution in [0.1, 0.15) is 45.7 Å². The number of hydrogen-bond donors (Lipinski definition) is 1. The minimum Gasteiger partial charge on any atom is -0.444 e. The first-order valence-electron chi connectivity index (χ1n) is 6.32. The van der Waals surface area contributed by atoms with E-state index in [-0.39, 0.29) is 18.2 Å². The molecular formula is C15H21NO3. The highest BCUT2D eigenvalue weighted by Gasteiger charge is 2.21. The standard InChI is InChI=1S/C15H21NO3/c1-11(17)10-13(12-8-6-5-7-9-12)16-14(18)19-15(2,3)4/h5-9,13H,10H2,1-4H3,(H,16,18)/t13-/m1/s1. The summed E-state index contributed by atoms with van der Waals surface area (Å²) in [5, 5.41) is 2.74. The molecule has 0 aliphatic carbocycles. The molecule has 1 atom stereocenters. The maximum absolute atomic E-state index is 11.8. The molecule has 4 heteroatoms. The van der Waals surface area contributed by atoms with Gasteiger partial charge in [-0.25, -0.2) is 4.79 Å². The van der Waals surface area contributed by atoms with Crippen molar-refractivity contribution in [3.63, 3.8) is 0 Å². The lowest BCUT2D eigenvalue weighted by Gasteiger charge is -2.23. The minimum atomic E-state index is -0.554. The van der Waals surface area contributed by atoms with Crippen LogP contribution < -0.4 is 5.32 Å². The van der Waals surface area contributed by atoms with E-state index < -0.39 is 11.7 Å². The SMILES string of the molecule is CC(=O)C[C@@H](NC(=O)OC(C)(C)C)c1ccccc1. The number of ketones is 1. The van der Waals surface area contributed by atoms with Crippen LogP contribution in [0.15, 0.2) is 30.3 Å². The second-order valence-corrected chi connectivity index (χ2v) is 5.52. The Balaban J connectivity index is 2.76. The van der Waals surface area contributed by atoms with Crippen LogP contribution in [0.4, 0.5) is 4.79 Å². The van der Waals surface area contributed by atoms with Crippen molar-refractivity contribution in [2.45, 2.75) is 45.8 Å². The van der Waals surface area contributed by atoms with Crippen molar-refractivity contribution in [1.29, 1.82) is 0 Å². The average Bonchev–Trinajstić information content (AvgIpc) is 2.26. The Morgan fingerprint density at radius 1 is 1.21 bits per heavy atom. The second-order valence-electron chi connectivity index (χ2n) is 5.52. The van der Waals surface area contributed by atoms with Crippen molar-refractivity contribution < 1.29 is 14.3 Å². The molecule has 1 amide bonds. The van der Waals surface area contributed by atoms with E-state index >= 15 is 0 Å². The highest BCUT2D eigenvalue weighted by atomic mass is 16.6. The molecule has 1 rings (SSSR count). The molecule has 0 saturated carbocycles. The maximum Gasteiger partial charge on any atom is 0.408 e. The van der Waals surface area contributed by atoms with Gasteiger partial charge in [-0.2, -0.15) is 0 Å². The van der Waals surface area contributed by atoms with E-state index in [1.54, 1.807) is 20.8 Å². The molecule has 1 aromatic carbocycles. The predicted octanol–water partition coefficient (Wildman–Crippen LogP) is 3.23. The summed E-state index contributed by atoms with van der Waals surface area (Å²) in [7, 11) is 0. The first kappa shape index (κ1) is 15.2. The number of ether oxygens (including phenoxy) is 1. The fraction of sp³-hybridized carbons (Fsp3) is 0.467. The van der Waals surface area contributed by atoms with Crippen LogP contribution in [0, 0.1) is 0 Å². The van der Waals surface area contributed by atoms with Crippen molar-refractivity contribution in [2.75, 3.05) is 0 Å². The Bertz CT molecular complexity index is 434. The van der Waals surface area contributed by atoms with Crippen molar-refractivity contribution >= 4 is 11.9 Å². The van der Waals surface area contributed by atoms with Gasteiger partial charge in [0, 0.05) is 6.42 Å². The smallest absolute Gasteiger partial charge is 0.408 e. The number of carbonyl (C=O) groups excluding carboxylic acids is 2. The van der Waals surface area contributed by atoms with Gasteiger partial charge in [0.05, 0.1) is 6.04 Å². The molecule has 0 fully saturated rings. The molecule has 0 aromatic heterocycles. The zero-order valence-electron chi connectivity index (χ0n) is 11.9. The van der Waals surface area contributed by atoms with Crippen LogP contribution in [0.25, 0.3) is 0 Å². The van der Waals surface area contributed by atoms with Gasteiger partial charge < -0.3 is 10.1 Å². The van der Waals surface area contributed by atoms with Crippen LogP contribution in [-0.4, -0.2) is 17.5 Å². The molecule has 104 valence electrons. The van der Waals surface area contributed by atoms with Crippen LogP contribution in [0.3, 0.4) is 0 Å². The summed E-state index contributed by atoms with van der Waals surface area (Å²) in [6, 6.07) is 9.05. The third-order valence-electron chi connectivity index (χ3n) is 2.38. The van der Waals surface area contributed by atoms with Gasteiger partial charge in [0.2, 0.25) is 0 Å². The Kier molecular flexibility index (Phi) is 5.10. The van der Waals surface area contributed by atoms with Crippen LogP contribution >= 0.6 is 0 Å². The highest BCUT2D eigenvalue weighted by molar-refractivity contribution is 5.77. The maximum atomic E-state index is 11.8. The lowest BCUT2D eigenvalue weighted by molar-refractivity contribution is -0.117. The van der Waals surface area contributed by atoms with Gasteiger partial charge in [-0.05, 0) is 33.3 Å². The van der Waals surface area contributed by atoms with Gasteiger partial charge in [-0.1, -0.05) is 30.3 Å². The summed E-state index contributed by atoms with van der Waals surface area (Å²) >= 11 is 0. The Morgan fingerprint density at radius 3 is 2.26 bits per heavy atom. The summed E-state index contributed by atoms with van der Waals surface area (Å²) in [6.07, 6.45) is -0.258. The number of carbonyl (C=O) groups is 2. The van der Waals surface area contributed by atoms with E-state index in [1.165, 1.54) is 6.92 Å². The fourth-order valence-electron chi connectivity index (χ4n) is 1.67. The first-order valence-corrected chi connectivity index (χ1v) is 6.32. The number of benzene rings is 1. The van der Waals surface area contributed by atoms with E-state index in [0.29, 0.717) is 0 Å². The summed E-state index contributed by atoms with van der Waals surface area (Å²) in [4.78, 5) is 23.1. The second kappa shape index (κ2) is 6.36. The molecule has 0 spiro atoms. The number of Topliss-reactive ketones (excluding diaryl/α,β-unsaturated/α-hetero) is 1. The monoisotopic (exact) mass is 263 g/mol. The van der Waals surface area contributed by atoms with E-state index in [9.17, 15) is 9.59 Å². The van der Waals surface area contributed by atoms with E-state index in [4.69, 9.17) is 4.74 Å². The van der Waals surface area contributed by atoms with Gasteiger partial charge in [-0.3, -0.25) is 4.79 Å². The fourth-order valence-corrected chi connectivity index (χ4v) is 1.67. The van der Waals surface area contributed by atoms with Gasteiger partial charge >= 0.3 is 6.09 Å². The third kappa shape index (κ3) is 6.04. The van der Waals surface area contributed by atoms with Gasteiger partial charge in [0.25, 0.3) is 0 Å². The molecule has 0 bridgehead atoms. The molecule has 0 heterocycles. The van der Waals surface area contributed by atoms with Crippen LogP contribution in [0.2, 0.25) is 0 Å². The van der Waals surface area contributed by atoms with E-state index in [1.807, 2.05) is 30.3 Å². The minimum absolute atomic E-state index is 0.0184. The zero-order valence-corrected chi connectivity index (χ0v) is 11.9. The first-order chi connectivity index (χ1) is 8.78. The summed E-state index contributed by atoms with van der Waals surface area (Å²) in [5.74, 6) is 0.0184. The molecule has 0 unspecified atom stereocenters. The number of nitrogens with one attached hydrogen (secondary N) is 1. The molecule has 4 nitrogen and oxygen atoms in total. The normalized spacial score (nSPS) is 12.6. The zero-order chi connectivity index (χ0) is 14.5. The van der Waals surface area contributed by atoms with Crippen molar-refractivity contribution in [3.8, 4) is 0 Å². The largest absolute Gasteiger partial charge is 0.444 e. The van der Waals surface area contributed by atoms with Crippen LogP contribution in [0.5, 0.6) is 0 Å². The third-order valence-corrected chi connectivity index (χ3v) is 2.38. The Hall–Kier alpha value is -1.84. The summed E-state index contributed by atoms with van der Waals surface area (Å²) < 4.78 is 5.21. The van der Waals surface area contributed by atoms with Crippen LogP contribution in [-0.2, 0) is 9.53 Å². The lowest BCUT2D eigenvalue weighted by atomic mass is 10.0. The van der Waals surface area contributed by atoms with Gasteiger partial charge in [0.15, 0.2) is 0 Å². The quantitative estimate of drug-likeness (QED) is 0.907. The topological polar surface area (TPSA) is 55.4 Å².